The Labute approximate surface area is 145 Å². The molecule has 0 aliphatic carbocycles. The maximum absolute atomic E-state index is 12.1. The van der Waals surface area contributed by atoms with Gasteiger partial charge in [0.05, 0.1) is 6.10 Å². The van der Waals surface area contributed by atoms with E-state index in [1.54, 1.807) is 0 Å². The Kier molecular flexibility index (Phi) is 7.53. The topological polar surface area (TPSA) is 53.6 Å². The first-order valence-corrected chi connectivity index (χ1v) is 9.11. The fraction of sp³-hybridized carbons (Fsp3) is 0.632. The predicted molar refractivity (Wildman–Crippen MR) is 99.8 cm³/mol. The lowest BCUT2D eigenvalue weighted by atomic mass is 10.1. The number of nitrogens with zero attached hydrogens (tertiary/aromatic N) is 1. The van der Waals surface area contributed by atoms with E-state index >= 15 is 0 Å². The fourth-order valence-corrected chi connectivity index (χ4v) is 3.06. The zero-order valence-electron chi connectivity index (χ0n) is 15.2. The summed E-state index contributed by atoms with van der Waals surface area (Å²) in [5.74, 6) is 0.0496. The number of carbonyl (C=O) groups is 1. The van der Waals surface area contributed by atoms with Crippen LogP contribution in [0, 0.1) is 6.92 Å². The Morgan fingerprint density at radius 3 is 2.75 bits per heavy atom. The molecule has 0 spiro atoms. The number of hydrogen-bond acceptors (Lipinski definition) is 4. The Bertz CT molecular complexity index is 523. The normalized spacial score (nSPS) is 17.0. The van der Waals surface area contributed by atoms with Crippen LogP contribution in [0.2, 0.25) is 0 Å². The number of benzene rings is 1. The van der Waals surface area contributed by atoms with Gasteiger partial charge in [0.1, 0.15) is 0 Å². The van der Waals surface area contributed by atoms with Crippen molar-refractivity contribution in [2.45, 2.75) is 46.1 Å². The molecule has 1 fully saturated rings. The molecule has 2 rings (SSSR count). The van der Waals surface area contributed by atoms with Crippen LogP contribution >= 0.6 is 0 Å². The van der Waals surface area contributed by atoms with Gasteiger partial charge in [-0.1, -0.05) is 0 Å². The van der Waals surface area contributed by atoms with Crippen molar-refractivity contribution in [3.8, 4) is 0 Å². The molecule has 1 unspecified atom stereocenters. The Morgan fingerprint density at radius 2 is 2.12 bits per heavy atom. The summed E-state index contributed by atoms with van der Waals surface area (Å²) in [6.45, 7) is 10.7. The lowest BCUT2D eigenvalue weighted by molar-refractivity contribution is -0.116. The van der Waals surface area contributed by atoms with Gasteiger partial charge in [0.15, 0.2) is 0 Å². The molecule has 0 radical (unpaired) electrons. The minimum atomic E-state index is 0.0496. The van der Waals surface area contributed by atoms with E-state index in [0.29, 0.717) is 19.1 Å². The number of amides is 1. The van der Waals surface area contributed by atoms with Crippen LogP contribution in [0.1, 0.15) is 38.7 Å². The van der Waals surface area contributed by atoms with Crippen LogP contribution in [-0.4, -0.2) is 44.8 Å². The summed E-state index contributed by atoms with van der Waals surface area (Å²) < 4.78 is 5.55. The lowest BCUT2D eigenvalue weighted by Crippen LogP contribution is -2.29. The minimum Gasteiger partial charge on any atom is -0.377 e. The number of hydrogen-bond donors (Lipinski definition) is 2. The van der Waals surface area contributed by atoms with Crippen LogP contribution in [-0.2, 0) is 9.53 Å². The molecule has 0 saturated carbocycles. The average Bonchev–Trinajstić information content (AvgIpc) is 3.08. The number of nitrogens with one attached hydrogen (secondary N) is 2. The molecule has 2 N–H and O–H groups in total. The van der Waals surface area contributed by atoms with E-state index in [1.165, 1.54) is 5.69 Å². The molecule has 0 aromatic heterocycles. The number of aryl methyl sites for hydroxylation is 1. The first kappa shape index (κ1) is 18.7. The molecule has 5 heteroatoms. The van der Waals surface area contributed by atoms with Crippen LogP contribution in [0.3, 0.4) is 0 Å². The maximum Gasteiger partial charge on any atom is 0.225 e. The number of carbonyl (C=O) groups excluding carboxylic acids is 1. The van der Waals surface area contributed by atoms with Gasteiger partial charge in [-0.25, -0.2) is 0 Å². The Hall–Kier alpha value is -1.59. The summed E-state index contributed by atoms with van der Waals surface area (Å²) in [4.78, 5) is 14.4. The van der Waals surface area contributed by atoms with Crippen molar-refractivity contribution in [3.05, 3.63) is 23.8 Å². The van der Waals surface area contributed by atoms with Crippen molar-refractivity contribution in [1.82, 2.24) is 5.32 Å². The third kappa shape index (κ3) is 5.49. The number of ether oxygens (including phenoxy) is 1. The standard InChI is InChI=1S/C19H31N3O2/c1-4-22(5-2)16-8-9-18(15(3)13-16)21-19(23)10-11-20-14-17-7-6-12-24-17/h8-9,13,17,20H,4-7,10-12,14H2,1-3H3,(H,21,23). The number of anilines is 2. The van der Waals surface area contributed by atoms with Crippen molar-refractivity contribution >= 4 is 17.3 Å². The van der Waals surface area contributed by atoms with Gasteiger partial charge in [0.2, 0.25) is 5.91 Å². The second-order valence-electron chi connectivity index (χ2n) is 6.31. The largest absolute Gasteiger partial charge is 0.377 e. The smallest absolute Gasteiger partial charge is 0.225 e. The summed E-state index contributed by atoms with van der Waals surface area (Å²) in [5, 5.41) is 6.32. The third-order valence-corrected chi connectivity index (χ3v) is 4.54. The van der Waals surface area contributed by atoms with Gasteiger partial charge >= 0.3 is 0 Å². The Morgan fingerprint density at radius 1 is 1.33 bits per heavy atom. The van der Waals surface area contributed by atoms with Crippen LogP contribution in [0.5, 0.6) is 0 Å². The summed E-state index contributed by atoms with van der Waals surface area (Å²) >= 11 is 0. The predicted octanol–water partition coefficient (Wildman–Crippen LogP) is 2.94. The highest BCUT2D eigenvalue weighted by molar-refractivity contribution is 5.91. The molecule has 1 aliphatic heterocycles. The zero-order chi connectivity index (χ0) is 17.4. The van der Waals surface area contributed by atoms with E-state index in [4.69, 9.17) is 4.74 Å². The van der Waals surface area contributed by atoms with Gasteiger partial charge in [0, 0.05) is 50.6 Å². The van der Waals surface area contributed by atoms with Crippen LogP contribution < -0.4 is 15.5 Å². The van der Waals surface area contributed by atoms with Gasteiger partial charge in [0.25, 0.3) is 0 Å². The summed E-state index contributed by atoms with van der Waals surface area (Å²) in [6, 6.07) is 6.21. The molecule has 1 saturated heterocycles. The average molecular weight is 333 g/mol. The van der Waals surface area contributed by atoms with Gasteiger partial charge < -0.3 is 20.3 Å². The monoisotopic (exact) mass is 333 g/mol. The first-order chi connectivity index (χ1) is 11.6. The molecule has 1 aliphatic rings. The first-order valence-electron chi connectivity index (χ1n) is 9.11. The van der Waals surface area contributed by atoms with Gasteiger partial charge in [-0.05, 0) is 57.4 Å². The van der Waals surface area contributed by atoms with Crippen molar-refractivity contribution in [2.75, 3.05) is 43.0 Å². The molecule has 0 bridgehead atoms. The van der Waals surface area contributed by atoms with Gasteiger partial charge in [-0.15, -0.1) is 0 Å². The second-order valence-corrected chi connectivity index (χ2v) is 6.31. The molecule has 1 heterocycles. The Balaban J connectivity index is 1.76. The maximum atomic E-state index is 12.1. The van der Waals surface area contributed by atoms with E-state index in [0.717, 1.165) is 50.3 Å². The van der Waals surface area contributed by atoms with E-state index in [1.807, 2.05) is 13.0 Å². The van der Waals surface area contributed by atoms with Crippen molar-refractivity contribution in [3.63, 3.8) is 0 Å². The van der Waals surface area contributed by atoms with Crippen molar-refractivity contribution in [2.24, 2.45) is 0 Å². The van der Waals surface area contributed by atoms with Gasteiger partial charge in [-0.3, -0.25) is 4.79 Å². The molecule has 5 nitrogen and oxygen atoms in total. The van der Waals surface area contributed by atoms with E-state index in [2.05, 4.69) is 41.5 Å². The zero-order valence-corrected chi connectivity index (χ0v) is 15.2. The summed E-state index contributed by atoms with van der Waals surface area (Å²) in [5.41, 5.74) is 3.20. The fourth-order valence-electron chi connectivity index (χ4n) is 3.06. The highest BCUT2D eigenvalue weighted by atomic mass is 16.5. The van der Waals surface area contributed by atoms with Crippen molar-refractivity contribution < 1.29 is 9.53 Å². The van der Waals surface area contributed by atoms with Crippen LogP contribution in [0.25, 0.3) is 0 Å². The SMILES string of the molecule is CCN(CC)c1ccc(NC(=O)CCNCC2CCCO2)c(C)c1. The van der Waals surface area contributed by atoms with E-state index in [9.17, 15) is 4.79 Å². The minimum absolute atomic E-state index is 0.0496. The lowest BCUT2D eigenvalue weighted by Gasteiger charge is -2.22. The molecule has 134 valence electrons. The van der Waals surface area contributed by atoms with E-state index < -0.39 is 0 Å². The quantitative estimate of drug-likeness (QED) is 0.682. The molecule has 1 atom stereocenters. The second kappa shape index (κ2) is 9.64. The molecule has 24 heavy (non-hydrogen) atoms. The molecular formula is C19H31N3O2. The molecule has 1 aromatic carbocycles. The highest BCUT2D eigenvalue weighted by Gasteiger charge is 2.14. The van der Waals surface area contributed by atoms with E-state index in [-0.39, 0.29) is 5.91 Å². The van der Waals surface area contributed by atoms with Crippen LogP contribution in [0.15, 0.2) is 18.2 Å². The van der Waals surface area contributed by atoms with Crippen molar-refractivity contribution in [1.29, 1.82) is 0 Å². The molecular weight excluding hydrogens is 302 g/mol. The molecule has 1 amide bonds. The van der Waals surface area contributed by atoms with Gasteiger partial charge in [-0.2, -0.15) is 0 Å². The molecule has 1 aromatic rings. The summed E-state index contributed by atoms with van der Waals surface area (Å²) in [6.07, 6.45) is 3.07. The summed E-state index contributed by atoms with van der Waals surface area (Å²) in [7, 11) is 0. The van der Waals surface area contributed by atoms with Crippen LogP contribution in [0.4, 0.5) is 11.4 Å². The third-order valence-electron chi connectivity index (χ3n) is 4.54. The highest BCUT2D eigenvalue weighted by Crippen LogP contribution is 2.22. The number of rotatable bonds is 9.